The number of nitrogens with two attached hydrogens (primary N) is 1. The lowest BCUT2D eigenvalue weighted by Gasteiger charge is -2.42. The summed E-state index contributed by atoms with van der Waals surface area (Å²) < 4.78 is 42.7. The van der Waals surface area contributed by atoms with E-state index in [2.05, 4.69) is 15.2 Å². The number of anilines is 1. The molecule has 0 atom stereocenters. The molecule has 3 rings (SSSR count). The van der Waals surface area contributed by atoms with Crippen molar-refractivity contribution >= 4 is 11.7 Å². The minimum atomic E-state index is -4.74. The Morgan fingerprint density at radius 2 is 2.15 bits per heavy atom. The molecular weight excluding hydrogens is 349 g/mol. The van der Waals surface area contributed by atoms with Crippen molar-refractivity contribution in [1.29, 1.82) is 0 Å². The lowest BCUT2D eigenvalue weighted by Crippen LogP contribution is -2.45. The smallest absolute Gasteiger partial charge is 0.406 e. The van der Waals surface area contributed by atoms with Gasteiger partial charge in [0.2, 0.25) is 0 Å². The Hall–Kier alpha value is -2.71. The number of aryl methyl sites for hydroxylation is 1. The Balaban J connectivity index is 1.74. The topological polar surface area (TPSA) is 82.2 Å². The average molecular weight is 368 g/mol. The maximum absolute atomic E-state index is 12.4. The first kappa shape index (κ1) is 18.1. The Morgan fingerprint density at radius 1 is 1.42 bits per heavy atom. The maximum atomic E-state index is 12.4. The minimum Gasteiger partial charge on any atom is -0.406 e. The number of alkyl halides is 3. The van der Waals surface area contributed by atoms with Crippen LogP contribution in [0.4, 0.5) is 19.0 Å². The van der Waals surface area contributed by atoms with E-state index in [1.54, 1.807) is 13.1 Å². The van der Waals surface area contributed by atoms with Crippen LogP contribution in [0.1, 0.15) is 35.2 Å². The number of amides is 1. The lowest BCUT2D eigenvalue weighted by atomic mass is 9.64. The summed E-state index contributed by atoms with van der Waals surface area (Å²) in [6.45, 7) is 0.301. The fourth-order valence-corrected chi connectivity index (χ4v) is 3.16. The van der Waals surface area contributed by atoms with Gasteiger partial charge in [-0.2, -0.15) is 5.10 Å². The molecule has 0 radical (unpaired) electrons. The second kappa shape index (κ2) is 6.54. The fraction of sp³-hybridized carbons (Fsp3) is 0.412. The molecule has 0 saturated heterocycles. The first-order valence-electron chi connectivity index (χ1n) is 8.12. The summed E-state index contributed by atoms with van der Waals surface area (Å²) in [5.41, 5.74) is 6.38. The average Bonchev–Trinajstić information content (AvgIpc) is 2.84. The first-order valence-corrected chi connectivity index (χ1v) is 8.12. The van der Waals surface area contributed by atoms with E-state index in [4.69, 9.17) is 5.73 Å². The van der Waals surface area contributed by atoms with Crippen molar-refractivity contribution in [2.45, 2.75) is 31.0 Å². The summed E-state index contributed by atoms with van der Waals surface area (Å²) in [6, 6.07) is 5.93. The highest BCUT2D eigenvalue weighted by Crippen LogP contribution is 2.44. The van der Waals surface area contributed by atoms with Crippen LogP contribution >= 0.6 is 0 Å². The highest BCUT2D eigenvalue weighted by Gasteiger charge is 2.40. The number of ether oxygens (including phenoxy) is 1. The van der Waals surface area contributed by atoms with E-state index in [0.717, 1.165) is 19.3 Å². The number of hydrogen-bond donors (Lipinski definition) is 2. The van der Waals surface area contributed by atoms with Crippen LogP contribution in [-0.2, 0) is 12.5 Å². The largest absolute Gasteiger partial charge is 0.573 e. The summed E-state index contributed by atoms with van der Waals surface area (Å²) in [5.74, 6) is -0.362. The molecule has 1 fully saturated rings. The summed E-state index contributed by atoms with van der Waals surface area (Å²) >= 11 is 0. The van der Waals surface area contributed by atoms with Gasteiger partial charge in [0, 0.05) is 19.0 Å². The van der Waals surface area contributed by atoms with Crippen molar-refractivity contribution in [3.63, 3.8) is 0 Å². The molecule has 0 bridgehead atoms. The zero-order chi connectivity index (χ0) is 18.9. The molecule has 6 nitrogen and oxygen atoms in total. The van der Waals surface area contributed by atoms with Crippen LogP contribution in [0.25, 0.3) is 0 Å². The van der Waals surface area contributed by atoms with E-state index in [1.807, 2.05) is 0 Å². The first-order chi connectivity index (χ1) is 12.2. The van der Waals surface area contributed by atoms with Gasteiger partial charge in [0.15, 0.2) is 0 Å². The minimum absolute atomic E-state index is 0.255. The number of aromatic nitrogens is 2. The molecule has 1 saturated carbocycles. The van der Waals surface area contributed by atoms with Crippen molar-refractivity contribution in [2.24, 2.45) is 7.05 Å². The second-order valence-corrected chi connectivity index (χ2v) is 6.46. The van der Waals surface area contributed by atoms with Gasteiger partial charge in [0.05, 0.1) is 6.20 Å². The Morgan fingerprint density at radius 3 is 2.69 bits per heavy atom. The normalized spacial score (nSPS) is 16.0. The van der Waals surface area contributed by atoms with E-state index in [1.165, 1.54) is 29.1 Å². The molecule has 1 aromatic heterocycles. The molecule has 0 spiro atoms. The molecule has 1 aliphatic rings. The van der Waals surface area contributed by atoms with Crippen LogP contribution in [0.5, 0.6) is 5.75 Å². The van der Waals surface area contributed by atoms with Crippen LogP contribution in [-0.4, -0.2) is 28.6 Å². The summed E-state index contributed by atoms with van der Waals surface area (Å²) in [6.07, 6.45) is -0.876. The van der Waals surface area contributed by atoms with Gasteiger partial charge in [0.1, 0.15) is 17.1 Å². The van der Waals surface area contributed by atoms with Crippen molar-refractivity contribution in [3.8, 4) is 5.75 Å². The molecule has 1 aromatic carbocycles. The molecule has 1 aliphatic carbocycles. The number of benzene rings is 1. The van der Waals surface area contributed by atoms with Gasteiger partial charge in [-0.15, -0.1) is 13.2 Å². The molecule has 1 heterocycles. The summed E-state index contributed by atoms with van der Waals surface area (Å²) in [5, 5.41) is 6.75. The van der Waals surface area contributed by atoms with Gasteiger partial charge in [0.25, 0.3) is 5.91 Å². The molecule has 2 aromatic rings. The Kier molecular flexibility index (Phi) is 4.55. The van der Waals surface area contributed by atoms with Crippen molar-refractivity contribution in [3.05, 3.63) is 41.6 Å². The summed E-state index contributed by atoms with van der Waals surface area (Å²) in [7, 11) is 1.63. The number of nitrogen functional groups attached to an aromatic ring is 1. The predicted octanol–water partition coefficient (Wildman–Crippen LogP) is 2.75. The van der Waals surface area contributed by atoms with Gasteiger partial charge in [-0.1, -0.05) is 18.6 Å². The van der Waals surface area contributed by atoms with E-state index in [0.29, 0.717) is 12.1 Å². The van der Waals surface area contributed by atoms with E-state index < -0.39 is 11.8 Å². The van der Waals surface area contributed by atoms with Crippen molar-refractivity contribution < 1.29 is 22.7 Å². The SMILES string of the molecule is Cn1ncc(C(=O)NCC2(c3cccc(OC(F)(F)F)c3)CCC2)c1N. The number of halogens is 3. The van der Waals surface area contributed by atoms with Gasteiger partial charge >= 0.3 is 6.36 Å². The van der Waals surface area contributed by atoms with E-state index in [-0.39, 0.29) is 23.0 Å². The zero-order valence-corrected chi connectivity index (χ0v) is 14.1. The van der Waals surface area contributed by atoms with Gasteiger partial charge in [-0.05, 0) is 30.5 Å². The standard InChI is InChI=1S/C17H19F3N4O2/c1-24-14(21)13(9-23-24)15(25)22-10-16(6-3-7-16)11-4-2-5-12(8-11)26-17(18,19)20/h2,4-5,8-9H,3,6-7,10,21H2,1H3,(H,22,25). The molecule has 0 unspecified atom stereocenters. The molecular formula is C17H19F3N4O2. The molecule has 0 aliphatic heterocycles. The fourth-order valence-electron chi connectivity index (χ4n) is 3.16. The number of carbonyl (C=O) groups excluding carboxylic acids is 1. The highest BCUT2D eigenvalue weighted by atomic mass is 19.4. The molecule has 26 heavy (non-hydrogen) atoms. The van der Waals surface area contributed by atoms with Crippen molar-refractivity contribution in [2.75, 3.05) is 12.3 Å². The van der Waals surface area contributed by atoms with Crippen LogP contribution in [0.15, 0.2) is 30.5 Å². The predicted molar refractivity (Wildman–Crippen MR) is 88.6 cm³/mol. The van der Waals surface area contributed by atoms with Crippen LogP contribution in [0.3, 0.4) is 0 Å². The number of nitrogens with one attached hydrogen (secondary N) is 1. The second-order valence-electron chi connectivity index (χ2n) is 6.46. The molecule has 9 heteroatoms. The third-order valence-corrected chi connectivity index (χ3v) is 4.81. The maximum Gasteiger partial charge on any atom is 0.573 e. The van der Waals surface area contributed by atoms with Crippen LogP contribution in [0.2, 0.25) is 0 Å². The lowest BCUT2D eigenvalue weighted by molar-refractivity contribution is -0.274. The molecule has 140 valence electrons. The van der Waals surface area contributed by atoms with E-state index >= 15 is 0 Å². The monoisotopic (exact) mass is 368 g/mol. The van der Waals surface area contributed by atoms with Crippen molar-refractivity contribution in [1.82, 2.24) is 15.1 Å². The quantitative estimate of drug-likeness (QED) is 0.850. The third kappa shape index (κ3) is 3.61. The van der Waals surface area contributed by atoms with Gasteiger partial charge < -0.3 is 15.8 Å². The van der Waals surface area contributed by atoms with Crippen LogP contribution in [0, 0.1) is 0 Å². The Labute approximate surface area is 148 Å². The number of hydrogen-bond acceptors (Lipinski definition) is 4. The molecule has 3 N–H and O–H groups in total. The molecule has 1 amide bonds. The number of carbonyl (C=O) groups is 1. The van der Waals surface area contributed by atoms with Crippen LogP contribution < -0.4 is 15.8 Å². The number of nitrogens with zero attached hydrogens (tertiary/aromatic N) is 2. The van der Waals surface area contributed by atoms with Gasteiger partial charge in [-0.3, -0.25) is 9.48 Å². The summed E-state index contributed by atoms with van der Waals surface area (Å²) in [4.78, 5) is 12.3. The third-order valence-electron chi connectivity index (χ3n) is 4.81. The van der Waals surface area contributed by atoms with E-state index in [9.17, 15) is 18.0 Å². The van der Waals surface area contributed by atoms with Gasteiger partial charge in [-0.25, -0.2) is 0 Å². The Bertz CT molecular complexity index is 813. The zero-order valence-electron chi connectivity index (χ0n) is 14.1. The highest BCUT2D eigenvalue weighted by molar-refractivity contribution is 5.98. The number of rotatable bonds is 5.